The van der Waals surface area contributed by atoms with Crippen molar-refractivity contribution >= 4 is 5.91 Å². The van der Waals surface area contributed by atoms with Crippen LogP contribution >= 0.6 is 0 Å². The number of nitrogens with one attached hydrogen (secondary N) is 3. The van der Waals surface area contributed by atoms with Crippen LogP contribution in [-0.2, 0) is 18.4 Å². The van der Waals surface area contributed by atoms with Crippen molar-refractivity contribution in [2.45, 2.75) is 43.3 Å². The number of aromatic amines is 1. The van der Waals surface area contributed by atoms with Crippen molar-refractivity contribution in [1.82, 2.24) is 25.8 Å². The lowest BCUT2D eigenvalue weighted by atomic mass is 9.80. The Bertz CT molecular complexity index is 1380. The Morgan fingerprint density at radius 3 is 2.67 bits per heavy atom. The van der Waals surface area contributed by atoms with Crippen LogP contribution < -0.4 is 16.4 Å². The third kappa shape index (κ3) is 5.94. The molecule has 0 radical (unpaired) electrons. The lowest BCUT2D eigenvalue weighted by Gasteiger charge is -2.35. The van der Waals surface area contributed by atoms with Gasteiger partial charge in [0.05, 0.1) is 17.8 Å². The van der Waals surface area contributed by atoms with Gasteiger partial charge >= 0.3 is 6.18 Å². The summed E-state index contributed by atoms with van der Waals surface area (Å²) in [4.78, 5) is 17.5. The molecule has 2 aliphatic carbocycles. The molecule has 2 aromatic heterocycles. The highest BCUT2D eigenvalue weighted by molar-refractivity contribution is 5.93. The number of carbonyl (C=O) groups excluding carboxylic acids is 1. The Morgan fingerprint density at radius 2 is 2.00 bits per heavy atom. The Kier molecular flexibility index (Phi) is 7.37. The van der Waals surface area contributed by atoms with E-state index in [1.165, 1.54) is 6.08 Å². The number of aromatic nitrogens is 3. The summed E-state index contributed by atoms with van der Waals surface area (Å²) in [6, 6.07) is 11.1. The van der Waals surface area contributed by atoms with E-state index < -0.39 is 35.2 Å². The summed E-state index contributed by atoms with van der Waals surface area (Å²) in [6.07, 6.45) is 3.83. The Balaban J connectivity index is 1.51. The minimum atomic E-state index is -4.71. The number of rotatable bonds is 9. The number of alkyl halides is 4. The molecule has 2 heterocycles. The maximum absolute atomic E-state index is 16.9. The molecule has 11 heteroatoms. The minimum absolute atomic E-state index is 0.187. The van der Waals surface area contributed by atoms with Crippen LogP contribution in [0.1, 0.15) is 51.9 Å². The quantitative estimate of drug-likeness (QED) is 0.299. The van der Waals surface area contributed by atoms with Crippen LogP contribution in [0.3, 0.4) is 0 Å². The fourth-order valence-electron chi connectivity index (χ4n) is 4.59. The van der Waals surface area contributed by atoms with Crippen molar-refractivity contribution in [3.8, 4) is 0 Å². The number of nitrogens with two attached hydrogens (primary N) is 1. The van der Waals surface area contributed by atoms with E-state index >= 15 is 4.39 Å². The molecular weight excluding hydrogens is 512 g/mol. The lowest BCUT2D eigenvalue weighted by Crippen LogP contribution is -2.48. The van der Waals surface area contributed by atoms with Gasteiger partial charge in [-0.15, -0.1) is 0 Å². The van der Waals surface area contributed by atoms with Crippen LogP contribution in [0.15, 0.2) is 78.5 Å². The first kappa shape index (κ1) is 26.8. The first-order valence-corrected chi connectivity index (χ1v) is 12.6. The fraction of sp³-hybridized carbons (Fsp3) is 0.321. The monoisotopic (exact) mass is 540 g/mol. The van der Waals surface area contributed by atoms with Crippen molar-refractivity contribution in [3.63, 3.8) is 0 Å². The second-order valence-corrected chi connectivity index (χ2v) is 9.83. The Morgan fingerprint density at radius 1 is 1.18 bits per heavy atom. The van der Waals surface area contributed by atoms with Gasteiger partial charge in [-0.1, -0.05) is 42.5 Å². The topological polar surface area (TPSA) is 109 Å². The molecule has 5 N–H and O–H groups in total. The van der Waals surface area contributed by atoms with Crippen LogP contribution in [0.25, 0.3) is 0 Å². The summed E-state index contributed by atoms with van der Waals surface area (Å²) in [5.41, 5.74) is 4.21. The normalized spacial score (nSPS) is 21.9. The molecule has 1 saturated carbocycles. The van der Waals surface area contributed by atoms with Gasteiger partial charge in [-0.05, 0) is 60.2 Å². The molecule has 0 saturated heterocycles. The predicted molar refractivity (Wildman–Crippen MR) is 137 cm³/mol. The molecular formula is C28H28F4N6O. The van der Waals surface area contributed by atoms with E-state index in [-0.39, 0.29) is 18.2 Å². The van der Waals surface area contributed by atoms with Gasteiger partial charge < -0.3 is 16.4 Å². The van der Waals surface area contributed by atoms with E-state index in [0.29, 0.717) is 23.1 Å². The van der Waals surface area contributed by atoms with Crippen molar-refractivity contribution in [3.05, 3.63) is 107 Å². The van der Waals surface area contributed by atoms with Gasteiger partial charge in [-0.25, -0.2) is 4.39 Å². The summed E-state index contributed by atoms with van der Waals surface area (Å²) in [5, 5.41) is 11.4. The van der Waals surface area contributed by atoms with Gasteiger partial charge in [0.25, 0.3) is 5.91 Å². The minimum Gasteiger partial charge on any atom is -0.340 e. The van der Waals surface area contributed by atoms with Gasteiger partial charge in [0.15, 0.2) is 11.4 Å². The zero-order valence-corrected chi connectivity index (χ0v) is 20.9. The van der Waals surface area contributed by atoms with Crippen molar-refractivity contribution < 1.29 is 22.4 Å². The molecule has 1 amide bonds. The summed E-state index contributed by atoms with van der Waals surface area (Å²) >= 11 is 0. The molecule has 3 atom stereocenters. The summed E-state index contributed by atoms with van der Waals surface area (Å²) in [5.74, 6) is -0.392. The SMILES string of the molecule is NCc1cccc(C2(F)C=CC(C(NCC3CC3)c3ccccn3)=CC2NC(=O)c2cc(C(F)(F)F)[nH]n2)c1. The van der Waals surface area contributed by atoms with Crippen LogP contribution in [0.5, 0.6) is 0 Å². The number of nitrogens with zero attached hydrogens (tertiary/aromatic N) is 2. The van der Waals surface area contributed by atoms with E-state index in [4.69, 9.17) is 5.73 Å². The van der Waals surface area contributed by atoms with Gasteiger partial charge in [-0.3, -0.25) is 14.9 Å². The molecule has 0 bridgehead atoms. The maximum atomic E-state index is 16.9. The number of hydrogen-bond acceptors (Lipinski definition) is 5. The number of carbonyl (C=O) groups is 1. The van der Waals surface area contributed by atoms with Crippen molar-refractivity contribution in [2.75, 3.05) is 6.54 Å². The average Bonchev–Trinajstić information content (AvgIpc) is 3.61. The smallest absolute Gasteiger partial charge is 0.340 e. The zero-order chi connectivity index (χ0) is 27.6. The summed E-state index contributed by atoms with van der Waals surface area (Å²) in [6.45, 7) is 0.933. The number of pyridine rings is 1. The molecule has 2 aliphatic rings. The first-order chi connectivity index (χ1) is 18.7. The Hall–Kier alpha value is -3.83. The van der Waals surface area contributed by atoms with E-state index in [0.717, 1.165) is 25.1 Å². The average molecular weight is 541 g/mol. The standard InChI is InChI=1S/C28H28F4N6O/c29-27(20-5-3-4-18(12-20)15-33)10-9-19(25(35-16-17-7-8-17)21-6-1-2-11-34-21)13-23(27)36-26(39)22-14-24(38-37-22)28(30,31)32/h1-6,9-14,17,23,25,35H,7-8,15-16,33H2,(H,36,39)(H,37,38). The lowest BCUT2D eigenvalue weighted by molar-refractivity contribution is -0.141. The van der Waals surface area contributed by atoms with Gasteiger partial charge in [-0.2, -0.15) is 18.3 Å². The molecule has 3 unspecified atom stereocenters. The van der Waals surface area contributed by atoms with Gasteiger partial charge in [0.1, 0.15) is 5.69 Å². The molecule has 3 aromatic rings. The second kappa shape index (κ2) is 10.7. The Labute approximate surface area is 222 Å². The maximum Gasteiger partial charge on any atom is 0.432 e. The molecule has 7 nitrogen and oxygen atoms in total. The highest BCUT2D eigenvalue weighted by atomic mass is 19.4. The van der Waals surface area contributed by atoms with E-state index in [2.05, 4.69) is 20.7 Å². The van der Waals surface area contributed by atoms with E-state index in [1.54, 1.807) is 48.7 Å². The zero-order valence-electron chi connectivity index (χ0n) is 20.9. The highest BCUT2D eigenvalue weighted by Gasteiger charge is 2.42. The third-order valence-electron chi connectivity index (χ3n) is 6.96. The van der Waals surface area contributed by atoms with Crippen LogP contribution in [0, 0.1) is 5.92 Å². The van der Waals surface area contributed by atoms with Crippen molar-refractivity contribution in [2.24, 2.45) is 11.7 Å². The molecule has 0 aliphatic heterocycles. The molecule has 1 aromatic carbocycles. The number of hydrogen-bond donors (Lipinski definition) is 4. The van der Waals surface area contributed by atoms with Crippen LogP contribution in [0.2, 0.25) is 0 Å². The van der Waals surface area contributed by atoms with Crippen LogP contribution in [-0.4, -0.2) is 33.7 Å². The summed E-state index contributed by atoms with van der Waals surface area (Å²) < 4.78 is 56.1. The molecule has 0 spiro atoms. The third-order valence-corrected chi connectivity index (χ3v) is 6.96. The predicted octanol–water partition coefficient (Wildman–Crippen LogP) is 4.48. The van der Waals surface area contributed by atoms with E-state index in [1.807, 2.05) is 17.2 Å². The fourth-order valence-corrected chi connectivity index (χ4v) is 4.59. The largest absolute Gasteiger partial charge is 0.432 e. The molecule has 1 fully saturated rings. The summed E-state index contributed by atoms with van der Waals surface area (Å²) in [7, 11) is 0. The highest BCUT2D eigenvalue weighted by Crippen LogP contribution is 2.39. The second-order valence-electron chi connectivity index (χ2n) is 9.83. The van der Waals surface area contributed by atoms with Gasteiger partial charge in [0.2, 0.25) is 0 Å². The van der Waals surface area contributed by atoms with Gasteiger partial charge in [0, 0.05) is 18.8 Å². The van der Waals surface area contributed by atoms with Crippen molar-refractivity contribution in [1.29, 1.82) is 0 Å². The first-order valence-electron chi connectivity index (χ1n) is 12.6. The molecule has 39 heavy (non-hydrogen) atoms. The number of halogens is 4. The number of benzene rings is 1. The van der Waals surface area contributed by atoms with Crippen LogP contribution in [0.4, 0.5) is 17.6 Å². The molecule has 204 valence electrons. The van der Waals surface area contributed by atoms with E-state index in [9.17, 15) is 18.0 Å². The number of amides is 1. The molecule has 5 rings (SSSR count). The number of H-pyrrole nitrogens is 1.